The zero-order chi connectivity index (χ0) is 20.1. The fourth-order valence-corrected chi connectivity index (χ4v) is 2.43. The highest BCUT2D eigenvalue weighted by Gasteiger charge is 2.15. The first-order valence-corrected chi connectivity index (χ1v) is 8.54. The minimum atomic E-state index is -1.26. The van der Waals surface area contributed by atoms with E-state index in [1.165, 1.54) is 18.5 Å². The van der Waals surface area contributed by atoms with E-state index in [4.69, 9.17) is 10.2 Å². The Labute approximate surface area is 158 Å². The summed E-state index contributed by atoms with van der Waals surface area (Å²) < 4.78 is 0. The molecule has 0 aliphatic carbocycles. The number of nitrogens with one attached hydrogen (secondary N) is 2. The molecule has 0 unspecified atom stereocenters. The number of hydrogen-bond donors (Lipinski definition) is 4. The Morgan fingerprint density at radius 2 is 1.78 bits per heavy atom. The third-order valence-corrected chi connectivity index (χ3v) is 3.61. The summed E-state index contributed by atoms with van der Waals surface area (Å²) in [6.45, 7) is 6.67. The summed E-state index contributed by atoms with van der Waals surface area (Å²) in [5, 5.41) is 22.2. The molecule has 146 valence electrons. The Bertz CT molecular complexity index is 679. The van der Waals surface area contributed by atoms with Crippen LogP contribution in [-0.4, -0.2) is 54.8 Å². The molecule has 1 heterocycles. The number of carboxylic acids is 2. The van der Waals surface area contributed by atoms with E-state index < -0.39 is 11.9 Å². The van der Waals surface area contributed by atoms with Crippen molar-refractivity contribution in [3.8, 4) is 0 Å². The second-order valence-corrected chi connectivity index (χ2v) is 5.59. The van der Waals surface area contributed by atoms with Gasteiger partial charge in [0.1, 0.15) is 0 Å². The van der Waals surface area contributed by atoms with Crippen LogP contribution >= 0.6 is 0 Å². The second-order valence-electron chi connectivity index (χ2n) is 5.59. The molecule has 1 aromatic rings. The molecule has 1 saturated heterocycles. The molecule has 8 heteroatoms. The van der Waals surface area contributed by atoms with Crippen LogP contribution in [-0.2, 0) is 9.59 Å². The number of carboxylic acid groups (broad SMARTS) is 2. The van der Waals surface area contributed by atoms with Crippen LogP contribution in [0.4, 0.5) is 11.4 Å². The Morgan fingerprint density at radius 1 is 1.19 bits per heavy atom. The maximum atomic E-state index is 9.55. The minimum Gasteiger partial charge on any atom is -0.478 e. The number of anilines is 2. The quantitative estimate of drug-likeness (QED) is 0.261. The molecule has 1 aliphatic rings. The van der Waals surface area contributed by atoms with Crippen LogP contribution in [0.1, 0.15) is 12.8 Å². The van der Waals surface area contributed by atoms with Crippen LogP contribution in [0.3, 0.4) is 0 Å². The van der Waals surface area contributed by atoms with Crippen molar-refractivity contribution in [2.24, 2.45) is 4.99 Å². The normalized spacial score (nSPS) is 13.7. The molecular weight excluding hydrogens is 348 g/mol. The van der Waals surface area contributed by atoms with Crippen LogP contribution in [0.15, 0.2) is 54.1 Å². The number of para-hydroxylation sites is 2. The Kier molecular flexibility index (Phi) is 9.77. The van der Waals surface area contributed by atoms with Gasteiger partial charge in [0.05, 0.1) is 11.4 Å². The maximum absolute atomic E-state index is 9.55. The number of rotatable bonds is 6. The summed E-state index contributed by atoms with van der Waals surface area (Å²) in [6.07, 6.45) is 5.49. The second kappa shape index (κ2) is 12.1. The van der Waals surface area contributed by atoms with E-state index >= 15 is 0 Å². The number of carbonyl (C=O) groups is 2. The van der Waals surface area contributed by atoms with Gasteiger partial charge in [0.25, 0.3) is 0 Å². The largest absolute Gasteiger partial charge is 0.478 e. The summed E-state index contributed by atoms with van der Waals surface area (Å²) in [6, 6.07) is 8.38. The Morgan fingerprint density at radius 3 is 2.30 bits per heavy atom. The number of guanidine groups is 1. The van der Waals surface area contributed by atoms with Gasteiger partial charge in [0.15, 0.2) is 5.96 Å². The van der Waals surface area contributed by atoms with Crippen molar-refractivity contribution in [2.45, 2.75) is 12.8 Å². The van der Waals surface area contributed by atoms with Crippen molar-refractivity contribution in [2.75, 3.05) is 36.9 Å². The fraction of sp³-hybridized carbons (Fsp3) is 0.316. The molecule has 2 rings (SSSR count). The third-order valence-electron chi connectivity index (χ3n) is 3.61. The number of hydrogen-bond acceptors (Lipinski definition) is 4. The maximum Gasteiger partial charge on any atom is 0.328 e. The number of nitrogens with zero attached hydrogens (tertiary/aromatic N) is 2. The first-order valence-electron chi connectivity index (χ1n) is 8.54. The van der Waals surface area contributed by atoms with Gasteiger partial charge >= 0.3 is 11.9 Å². The molecule has 27 heavy (non-hydrogen) atoms. The van der Waals surface area contributed by atoms with Crippen molar-refractivity contribution in [1.82, 2.24) is 5.32 Å². The van der Waals surface area contributed by atoms with Gasteiger partial charge in [-0.05, 0) is 25.0 Å². The summed E-state index contributed by atoms with van der Waals surface area (Å²) >= 11 is 0. The van der Waals surface area contributed by atoms with Gasteiger partial charge in [-0.3, -0.25) is 4.99 Å². The lowest BCUT2D eigenvalue weighted by Crippen LogP contribution is -2.31. The van der Waals surface area contributed by atoms with Crippen molar-refractivity contribution in [3.63, 3.8) is 0 Å². The van der Waals surface area contributed by atoms with Crippen LogP contribution in [0, 0.1) is 0 Å². The molecule has 4 N–H and O–H groups in total. The van der Waals surface area contributed by atoms with Gasteiger partial charge in [0, 0.05) is 38.8 Å². The number of benzene rings is 1. The lowest BCUT2D eigenvalue weighted by Gasteiger charge is -2.22. The topological polar surface area (TPSA) is 114 Å². The molecule has 0 spiro atoms. The number of aliphatic imine (C=N–C) groups is 1. The lowest BCUT2D eigenvalue weighted by atomic mass is 10.2. The summed E-state index contributed by atoms with van der Waals surface area (Å²) in [7, 11) is 1.77. The zero-order valence-electron chi connectivity index (χ0n) is 15.4. The molecular formula is C19H26N4O4. The first kappa shape index (κ1) is 21.8. The van der Waals surface area contributed by atoms with Crippen LogP contribution in [0.25, 0.3) is 0 Å². The Hall–Kier alpha value is -3.29. The molecule has 8 nitrogen and oxygen atoms in total. The predicted octanol–water partition coefficient (Wildman–Crippen LogP) is 2.17. The van der Waals surface area contributed by atoms with E-state index in [1.807, 2.05) is 12.1 Å². The van der Waals surface area contributed by atoms with Crippen LogP contribution in [0.5, 0.6) is 0 Å². The third kappa shape index (κ3) is 8.57. The zero-order valence-corrected chi connectivity index (χ0v) is 15.4. The van der Waals surface area contributed by atoms with Crippen molar-refractivity contribution < 1.29 is 19.8 Å². The smallest absolute Gasteiger partial charge is 0.328 e. The van der Waals surface area contributed by atoms with Gasteiger partial charge in [-0.25, -0.2) is 9.59 Å². The SMILES string of the molecule is C=CCNC(=NC)Nc1ccccc1N1CCCC1.O=C(O)/C=C/C(=O)O. The van der Waals surface area contributed by atoms with Crippen LogP contribution < -0.4 is 15.5 Å². The first-order chi connectivity index (χ1) is 13.0. The molecule has 0 atom stereocenters. The molecule has 1 fully saturated rings. The van der Waals surface area contributed by atoms with Gasteiger partial charge in [-0.15, -0.1) is 6.58 Å². The van der Waals surface area contributed by atoms with Crippen molar-refractivity contribution >= 4 is 29.3 Å². The summed E-state index contributed by atoms with van der Waals surface area (Å²) in [5.41, 5.74) is 2.35. The minimum absolute atomic E-state index is 0.558. The van der Waals surface area contributed by atoms with Crippen LogP contribution in [0.2, 0.25) is 0 Å². The van der Waals surface area contributed by atoms with Gasteiger partial charge in [-0.2, -0.15) is 0 Å². The summed E-state index contributed by atoms with van der Waals surface area (Å²) in [4.78, 5) is 25.7. The average Bonchev–Trinajstić information content (AvgIpc) is 3.19. The fourth-order valence-electron chi connectivity index (χ4n) is 2.43. The highest BCUT2D eigenvalue weighted by Crippen LogP contribution is 2.28. The van der Waals surface area contributed by atoms with Crippen molar-refractivity contribution in [1.29, 1.82) is 0 Å². The van der Waals surface area contributed by atoms with Gasteiger partial charge < -0.3 is 25.7 Å². The Balaban J connectivity index is 0.000000387. The molecule has 0 saturated carbocycles. The molecule has 0 aromatic heterocycles. The summed E-state index contributed by atoms with van der Waals surface area (Å²) in [5.74, 6) is -1.74. The van der Waals surface area contributed by atoms with E-state index in [9.17, 15) is 9.59 Å². The van der Waals surface area contributed by atoms with Crippen molar-refractivity contribution in [3.05, 3.63) is 49.1 Å². The molecule has 0 radical (unpaired) electrons. The lowest BCUT2D eigenvalue weighted by molar-refractivity contribution is -0.134. The monoisotopic (exact) mass is 374 g/mol. The van der Waals surface area contributed by atoms with Gasteiger partial charge in [0.2, 0.25) is 0 Å². The van der Waals surface area contributed by atoms with E-state index in [0.29, 0.717) is 18.7 Å². The average molecular weight is 374 g/mol. The van der Waals surface area contributed by atoms with E-state index in [0.717, 1.165) is 24.7 Å². The van der Waals surface area contributed by atoms with E-state index in [1.54, 1.807) is 7.05 Å². The van der Waals surface area contributed by atoms with E-state index in [-0.39, 0.29) is 0 Å². The highest BCUT2D eigenvalue weighted by molar-refractivity contribution is 5.96. The van der Waals surface area contributed by atoms with Gasteiger partial charge in [-0.1, -0.05) is 18.2 Å². The molecule has 1 aliphatic heterocycles. The standard InChI is InChI=1S/C15H22N4.C4H4O4/c1-3-10-17-15(16-2)18-13-8-4-5-9-14(13)19-11-6-7-12-19;5-3(6)1-2-4(7)8/h3-5,8-9H,1,6-7,10-12H2,2H3,(H2,16,17,18);1-2H,(H,5,6)(H,7,8)/b;2-1+. The van der Waals surface area contributed by atoms with E-state index in [2.05, 4.69) is 45.3 Å². The number of aliphatic carboxylic acids is 2. The molecule has 1 aromatic carbocycles. The highest BCUT2D eigenvalue weighted by atomic mass is 16.4. The predicted molar refractivity (Wildman–Crippen MR) is 107 cm³/mol. The molecule has 0 amide bonds. The molecule has 0 bridgehead atoms.